The number of rotatable bonds is 4. The topological polar surface area (TPSA) is 103 Å². The molecule has 27 heavy (non-hydrogen) atoms. The van der Waals surface area contributed by atoms with Gasteiger partial charge in [-0.3, -0.25) is 14.4 Å². The molecule has 1 amide bonds. The quantitative estimate of drug-likeness (QED) is 0.820. The summed E-state index contributed by atoms with van der Waals surface area (Å²) in [5.41, 5.74) is 0. The Labute approximate surface area is 156 Å². The van der Waals surface area contributed by atoms with Crippen LogP contribution in [0.2, 0.25) is 0 Å². The van der Waals surface area contributed by atoms with Crippen LogP contribution >= 0.6 is 0 Å². The van der Waals surface area contributed by atoms with Crippen LogP contribution < -0.4 is 19.1 Å². The molecule has 0 bridgehead atoms. The third-order valence-corrected chi connectivity index (χ3v) is 6.12. The summed E-state index contributed by atoms with van der Waals surface area (Å²) in [6.07, 6.45) is 2.71. The van der Waals surface area contributed by atoms with E-state index in [0.717, 1.165) is 0 Å². The predicted octanol–water partition coefficient (Wildman–Crippen LogP) is 0.665. The van der Waals surface area contributed by atoms with Gasteiger partial charge in [0.25, 0.3) is 0 Å². The van der Waals surface area contributed by atoms with Gasteiger partial charge in [-0.1, -0.05) is 6.07 Å². The van der Waals surface area contributed by atoms with Crippen LogP contribution in [0.4, 0.5) is 5.82 Å². The highest BCUT2D eigenvalue weighted by Gasteiger charge is 2.35. The van der Waals surface area contributed by atoms with Gasteiger partial charge in [-0.15, -0.1) is 0 Å². The van der Waals surface area contributed by atoms with Gasteiger partial charge in [0, 0.05) is 19.7 Å². The zero-order chi connectivity index (χ0) is 19.0. The van der Waals surface area contributed by atoms with Crippen molar-refractivity contribution in [2.45, 2.75) is 23.8 Å². The Kier molecular flexibility index (Phi) is 4.52. The summed E-state index contributed by atoms with van der Waals surface area (Å²) < 4.78 is 41.0. The number of para-hydroxylation sites is 1. The molecule has 0 unspecified atom stereocenters. The zero-order valence-electron chi connectivity index (χ0n) is 14.8. The summed E-state index contributed by atoms with van der Waals surface area (Å²) in [5.74, 6) is 0.909. The Balaban J connectivity index is 1.60. The number of hydrogen-bond acceptors (Lipinski definition) is 6. The Hall–Kier alpha value is -2.59. The van der Waals surface area contributed by atoms with Gasteiger partial charge < -0.3 is 9.47 Å². The molecule has 9 nitrogen and oxygen atoms in total. The first-order valence-corrected chi connectivity index (χ1v) is 10.2. The molecule has 144 valence electrons. The number of carbonyl (C=O) groups is 1. The minimum absolute atomic E-state index is 0.0230. The minimum atomic E-state index is -3.96. The van der Waals surface area contributed by atoms with Gasteiger partial charge in [0.1, 0.15) is 30.0 Å². The van der Waals surface area contributed by atoms with E-state index in [1.54, 1.807) is 41.0 Å². The highest BCUT2D eigenvalue weighted by molar-refractivity contribution is 7.89. The molecule has 0 radical (unpaired) electrons. The van der Waals surface area contributed by atoms with Gasteiger partial charge in [0.05, 0.1) is 6.20 Å². The number of amides is 1. The van der Waals surface area contributed by atoms with Crippen LogP contribution in [0.3, 0.4) is 0 Å². The summed E-state index contributed by atoms with van der Waals surface area (Å²) in [6, 6.07) is 5.57. The SMILES string of the molecule is Cn1nccc1N1CCC[C@H](NS(=O)(=O)c2cccc3c2OCCO3)C1=O. The second-order valence-corrected chi connectivity index (χ2v) is 8.08. The van der Waals surface area contributed by atoms with Gasteiger partial charge in [-0.25, -0.2) is 8.42 Å². The number of anilines is 1. The van der Waals surface area contributed by atoms with Gasteiger partial charge in [-0.05, 0) is 25.0 Å². The number of hydrogen-bond donors (Lipinski definition) is 1. The maximum Gasteiger partial charge on any atom is 0.246 e. The van der Waals surface area contributed by atoms with Crippen LogP contribution in [0.25, 0.3) is 0 Å². The van der Waals surface area contributed by atoms with Crippen LogP contribution in [0.5, 0.6) is 11.5 Å². The van der Waals surface area contributed by atoms with E-state index in [1.165, 1.54) is 6.07 Å². The van der Waals surface area contributed by atoms with E-state index >= 15 is 0 Å². The summed E-state index contributed by atoms with van der Waals surface area (Å²) in [5, 5.41) is 4.08. The predicted molar refractivity (Wildman–Crippen MR) is 96.3 cm³/mol. The van der Waals surface area contributed by atoms with E-state index in [-0.39, 0.29) is 23.2 Å². The normalized spacial score (nSPS) is 20.0. The van der Waals surface area contributed by atoms with E-state index < -0.39 is 16.1 Å². The fourth-order valence-corrected chi connectivity index (χ4v) is 4.73. The van der Waals surface area contributed by atoms with Crippen molar-refractivity contribution in [2.75, 3.05) is 24.7 Å². The van der Waals surface area contributed by atoms with Crippen molar-refractivity contribution in [3.63, 3.8) is 0 Å². The zero-order valence-corrected chi connectivity index (χ0v) is 15.6. The van der Waals surface area contributed by atoms with Crippen molar-refractivity contribution in [3.05, 3.63) is 30.5 Å². The number of fused-ring (bicyclic) bond motifs is 1. The molecule has 0 spiro atoms. The first kappa shape index (κ1) is 17.8. The van der Waals surface area contributed by atoms with Crippen molar-refractivity contribution in [2.24, 2.45) is 7.05 Å². The summed E-state index contributed by atoms with van der Waals surface area (Å²) >= 11 is 0. The molecule has 3 heterocycles. The molecule has 1 aromatic carbocycles. The number of benzene rings is 1. The second kappa shape index (κ2) is 6.86. The third-order valence-electron chi connectivity index (χ3n) is 4.63. The molecule has 2 aliphatic heterocycles. The number of sulfonamides is 1. The number of carbonyl (C=O) groups excluding carboxylic acids is 1. The molecular formula is C17H20N4O5S. The van der Waals surface area contributed by atoms with Crippen molar-refractivity contribution < 1.29 is 22.7 Å². The van der Waals surface area contributed by atoms with Gasteiger partial charge in [0.2, 0.25) is 15.9 Å². The third kappa shape index (κ3) is 3.26. The summed E-state index contributed by atoms with van der Waals surface area (Å²) in [7, 11) is -2.22. The molecule has 1 atom stereocenters. The summed E-state index contributed by atoms with van der Waals surface area (Å²) in [6.45, 7) is 1.16. The number of nitrogens with one attached hydrogen (secondary N) is 1. The highest BCUT2D eigenvalue weighted by Crippen LogP contribution is 2.36. The van der Waals surface area contributed by atoms with Crippen molar-refractivity contribution in [1.82, 2.24) is 14.5 Å². The average Bonchev–Trinajstić information content (AvgIpc) is 3.08. The van der Waals surface area contributed by atoms with Crippen molar-refractivity contribution >= 4 is 21.7 Å². The average molecular weight is 392 g/mol. The fraction of sp³-hybridized carbons (Fsp3) is 0.412. The lowest BCUT2D eigenvalue weighted by molar-refractivity contribution is -0.121. The Bertz CT molecular complexity index is 971. The fourth-order valence-electron chi connectivity index (χ4n) is 3.35. The van der Waals surface area contributed by atoms with Crippen LogP contribution in [-0.2, 0) is 21.9 Å². The molecular weight excluding hydrogens is 372 g/mol. The number of nitrogens with zero attached hydrogens (tertiary/aromatic N) is 3. The first-order valence-electron chi connectivity index (χ1n) is 8.68. The van der Waals surface area contributed by atoms with Gasteiger partial charge >= 0.3 is 0 Å². The molecule has 0 aliphatic carbocycles. The van der Waals surface area contributed by atoms with Gasteiger partial charge in [-0.2, -0.15) is 9.82 Å². The van der Waals surface area contributed by atoms with E-state index in [0.29, 0.717) is 37.6 Å². The number of aromatic nitrogens is 2. The monoisotopic (exact) mass is 392 g/mol. The molecule has 2 aliphatic rings. The van der Waals surface area contributed by atoms with E-state index in [9.17, 15) is 13.2 Å². The molecule has 2 aromatic rings. The lowest BCUT2D eigenvalue weighted by atomic mass is 10.1. The highest BCUT2D eigenvalue weighted by atomic mass is 32.2. The maximum atomic E-state index is 12.9. The number of piperidine rings is 1. The molecule has 4 rings (SSSR count). The lowest BCUT2D eigenvalue weighted by Crippen LogP contribution is -2.52. The van der Waals surface area contributed by atoms with E-state index in [1.807, 2.05) is 0 Å². The molecule has 0 saturated carbocycles. The van der Waals surface area contributed by atoms with E-state index in [2.05, 4.69) is 9.82 Å². The first-order chi connectivity index (χ1) is 13.0. The lowest BCUT2D eigenvalue weighted by Gasteiger charge is -2.32. The maximum absolute atomic E-state index is 12.9. The Morgan fingerprint density at radius 1 is 1.22 bits per heavy atom. The van der Waals surface area contributed by atoms with Crippen LogP contribution in [-0.4, -0.2) is 49.9 Å². The van der Waals surface area contributed by atoms with Crippen LogP contribution in [0.15, 0.2) is 35.4 Å². The molecule has 10 heteroatoms. The molecule has 1 N–H and O–H groups in total. The molecule has 1 saturated heterocycles. The Morgan fingerprint density at radius 2 is 2.04 bits per heavy atom. The van der Waals surface area contributed by atoms with Crippen molar-refractivity contribution in [1.29, 1.82) is 0 Å². The largest absolute Gasteiger partial charge is 0.486 e. The number of ether oxygens (including phenoxy) is 2. The van der Waals surface area contributed by atoms with Crippen LogP contribution in [0.1, 0.15) is 12.8 Å². The second-order valence-electron chi connectivity index (χ2n) is 6.40. The van der Waals surface area contributed by atoms with E-state index in [4.69, 9.17) is 9.47 Å². The molecule has 1 fully saturated rings. The van der Waals surface area contributed by atoms with Crippen LogP contribution in [0, 0.1) is 0 Å². The standard InChI is InChI=1S/C17H20N4O5S/c1-20-15(7-8-18-20)21-9-3-4-12(17(21)22)19-27(23,24)14-6-2-5-13-16(14)26-11-10-25-13/h2,5-8,12,19H,3-4,9-11H2,1H3/t12-/m0/s1. The smallest absolute Gasteiger partial charge is 0.246 e. The number of aryl methyl sites for hydroxylation is 1. The summed E-state index contributed by atoms with van der Waals surface area (Å²) in [4.78, 5) is 14.4. The van der Waals surface area contributed by atoms with Gasteiger partial charge in [0.15, 0.2) is 11.5 Å². The minimum Gasteiger partial charge on any atom is -0.486 e. The van der Waals surface area contributed by atoms with Crippen molar-refractivity contribution in [3.8, 4) is 11.5 Å². The molecule has 1 aromatic heterocycles. The Morgan fingerprint density at radius 3 is 2.81 bits per heavy atom.